The molecule has 1 heterocycles. The topological polar surface area (TPSA) is 54.9 Å². The molecule has 1 atom stereocenters. The van der Waals surface area contributed by atoms with E-state index in [1.807, 2.05) is 20.8 Å². The molecule has 0 saturated heterocycles. The van der Waals surface area contributed by atoms with Crippen LogP contribution in [0.1, 0.15) is 43.1 Å². The van der Waals surface area contributed by atoms with Gasteiger partial charge in [0, 0.05) is 17.3 Å². The maximum Gasteiger partial charge on any atom is 0.264 e. The lowest BCUT2D eigenvalue weighted by Gasteiger charge is -2.16. The Morgan fingerprint density at radius 2 is 2.18 bits per heavy atom. The van der Waals surface area contributed by atoms with E-state index < -0.39 is 0 Å². The number of hydrogen-bond acceptors (Lipinski definition) is 4. The van der Waals surface area contributed by atoms with Crippen LogP contribution in [-0.4, -0.2) is 27.4 Å². The molecule has 0 radical (unpaired) electrons. The standard InChI is InChI=1S/C11H18BrN3OS/c1-7(5-12)6-13-10(16)8-9(11(2,3)4)14-15-17-8/h7H,5-6H2,1-4H3,(H,13,16). The number of carbonyl (C=O) groups excluding carboxylic acids is 1. The van der Waals surface area contributed by atoms with Gasteiger partial charge in [-0.3, -0.25) is 4.79 Å². The van der Waals surface area contributed by atoms with Crippen molar-refractivity contribution in [2.75, 3.05) is 11.9 Å². The van der Waals surface area contributed by atoms with Crippen molar-refractivity contribution >= 4 is 33.4 Å². The largest absolute Gasteiger partial charge is 0.351 e. The minimum atomic E-state index is -0.152. The zero-order valence-corrected chi connectivity index (χ0v) is 13.0. The number of hydrogen-bond donors (Lipinski definition) is 1. The lowest BCUT2D eigenvalue weighted by molar-refractivity contribution is 0.0951. The summed E-state index contributed by atoms with van der Waals surface area (Å²) in [6.07, 6.45) is 0. The molecular weight excluding hydrogens is 302 g/mol. The molecule has 1 rings (SSSR count). The fraction of sp³-hybridized carbons (Fsp3) is 0.727. The number of rotatable bonds is 4. The van der Waals surface area contributed by atoms with Crippen LogP contribution in [0.15, 0.2) is 0 Å². The van der Waals surface area contributed by atoms with Crippen molar-refractivity contribution in [3.63, 3.8) is 0 Å². The Hall–Kier alpha value is -0.490. The van der Waals surface area contributed by atoms with E-state index in [0.717, 1.165) is 22.6 Å². The van der Waals surface area contributed by atoms with Gasteiger partial charge >= 0.3 is 0 Å². The van der Waals surface area contributed by atoms with Crippen LogP contribution in [0.4, 0.5) is 0 Å². The van der Waals surface area contributed by atoms with Crippen molar-refractivity contribution < 1.29 is 4.79 Å². The first-order valence-electron chi connectivity index (χ1n) is 5.53. The van der Waals surface area contributed by atoms with Gasteiger partial charge in [0.25, 0.3) is 5.91 Å². The lowest BCUT2D eigenvalue weighted by atomic mass is 9.91. The SMILES string of the molecule is CC(CBr)CNC(=O)c1snnc1C(C)(C)C. The van der Waals surface area contributed by atoms with Crippen LogP contribution in [0.3, 0.4) is 0 Å². The van der Waals surface area contributed by atoms with Crippen molar-refractivity contribution in [1.29, 1.82) is 0 Å². The Morgan fingerprint density at radius 3 is 2.71 bits per heavy atom. The van der Waals surface area contributed by atoms with Crippen molar-refractivity contribution in [3.8, 4) is 0 Å². The van der Waals surface area contributed by atoms with Crippen molar-refractivity contribution in [3.05, 3.63) is 10.6 Å². The quantitative estimate of drug-likeness (QED) is 0.868. The Kier molecular flexibility index (Phi) is 5.06. The molecule has 0 fully saturated rings. The molecule has 0 bridgehead atoms. The molecule has 96 valence electrons. The third kappa shape index (κ3) is 4.03. The highest BCUT2D eigenvalue weighted by Crippen LogP contribution is 2.25. The van der Waals surface area contributed by atoms with Gasteiger partial charge in [0.2, 0.25) is 0 Å². The molecule has 1 N–H and O–H groups in total. The smallest absolute Gasteiger partial charge is 0.264 e. The summed E-state index contributed by atoms with van der Waals surface area (Å²) in [6, 6.07) is 0. The minimum Gasteiger partial charge on any atom is -0.351 e. The van der Waals surface area contributed by atoms with Gasteiger partial charge in [-0.05, 0) is 17.5 Å². The van der Waals surface area contributed by atoms with Crippen molar-refractivity contribution in [2.45, 2.75) is 33.1 Å². The highest BCUT2D eigenvalue weighted by atomic mass is 79.9. The molecule has 0 aliphatic rings. The second-order valence-corrected chi connectivity index (χ2v) is 6.57. The lowest BCUT2D eigenvalue weighted by Crippen LogP contribution is -2.30. The first-order valence-corrected chi connectivity index (χ1v) is 7.42. The minimum absolute atomic E-state index is 0.0716. The maximum atomic E-state index is 12.0. The van der Waals surface area contributed by atoms with E-state index in [4.69, 9.17) is 0 Å². The van der Waals surface area contributed by atoms with E-state index >= 15 is 0 Å². The summed E-state index contributed by atoms with van der Waals surface area (Å²) < 4.78 is 3.88. The summed E-state index contributed by atoms with van der Waals surface area (Å²) >= 11 is 4.55. The van der Waals surface area contributed by atoms with Gasteiger partial charge in [0.1, 0.15) is 4.88 Å². The van der Waals surface area contributed by atoms with E-state index in [-0.39, 0.29) is 11.3 Å². The zero-order valence-electron chi connectivity index (χ0n) is 10.6. The Balaban J connectivity index is 2.73. The molecule has 1 unspecified atom stereocenters. The predicted octanol–water partition coefficient (Wildman–Crippen LogP) is 2.60. The Morgan fingerprint density at radius 1 is 1.53 bits per heavy atom. The van der Waals surface area contributed by atoms with Gasteiger partial charge in [-0.1, -0.05) is 48.1 Å². The van der Waals surface area contributed by atoms with Gasteiger partial charge < -0.3 is 5.32 Å². The highest BCUT2D eigenvalue weighted by Gasteiger charge is 2.26. The summed E-state index contributed by atoms with van der Waals surface area (Å²) in [5.74, 6) is 0.343. The summed E-state index contributed by atoms with van der Waals surface area (Å²) in [4.78, 5) is 12.6. The number of aromatic nitrogens is 2. The Labute approximate surface area is 114 Å². The summed E-state index contributed by atoms with van der Waals surface area (Å²) in [6.45, 7) is 8.82. The fourth-order valence-electron chi connectivity index (χ4n) is 1.23. The second-order valence-electron chi connectivity index (χ2n) is 5.17. The van der Waals surface area contributed by atoms with Gasteiger partial charge in [0.15, 0.2) is 0 Å². The molecule has 0 spiro atoms. The number of amides is 1. The molecule has 1 aromatic rings. The number of carbonyl (C=O) groups is 1. The zero-order chi connectivity index (χ0) is 13.1. The van der Waals surface area contributed by atoms with E-state index in [0.29, 0.717) is 17.3 Å². The van der Waals surface area contributed by atoms with E-state index in [1.165, 1.54) is 0 Å². The third-order valence-electron chi connectivity index (χ3n) is 2.28. The molecule has 4 nitrogen and oxygen atoms in total. The van der Waals surface area contributed by atoms with Crippen LogP contribution in [0.5, 0.6) is 0 Å². The maximum absolute atomic E-state index is 12.0. The average Bonchev–Trinajstić information content (AvgIpc) is 2.73. The van der Waals surface area contributed by atoms with Gasteiger partial charge in [-0.15, -0.1) is 5.10 Å². The first-order chi connectivity index (χ1) is 7.86. The number of nitrogens with one attached hydrogen (secondary N) is 1. The molecule has 0 saturated carbocycles. The highest BCUT2D eigenvalue weighted by molar-refractivity contribution is 9.09. The van der Waals surface area contributed by atoms with Crippen LogP contribution >= 0.6 is 27.5 Å². The summed E-state index contributed by atoms with van der Waals surface area (Å²) in [5.41, 5.74) is 0.618. The molecule has 0 aromatic carbocycles. The molecule has 6 heteroatoms. The number of alkyl halides is 1. The second kappa shape index (κ2) is 5.91. The Bertz CT molecular complexity index is 386. The summed E-state index contributed by atoms with van der Waals surface area (Å²) in [7, 11) is 0. The van der Waals surface area contributed by atoms with Gasteiger partial charge in [-0.25, -0.2) is 0 Å². The number of nitrogens with zero attached hydrogens (tertiary/aromatic N) is 2. The van der Waals surface area contributed by atoms with Crippen LogP contribution < -0.4 is 5.32 Å². The molecule has 0 aliphatic carbocycles. The van der Waals surface area contributed by atoms with E-state index in [9.17, 15) is 4.79 Å². The monoisotopic (exact) mass is 319 g/mol. The van der Waals surface area contributed by atoms with Crippen LogP contribution in [0.2, 0.25) is 0 Å². The van der Waals surface area contributed by atoms with E-state index in [1.54, 1.807) is 0 Å². The molecule has 0 aliphatic heterocycles. The summed E-state index contributed by atoms with van der Waals surface area (Å²) in [5, 5.41) is 7.84. The third-order valence-corrected chi connectivity index (χ3v) is 4.11. The van der Waals surface area contributed by atoms with Crippen molar-refractivity contribution in [1.82, 2.24) is 14.9 Å². The van der Waals surface area contributed by atoms with Crippen LogP contribution in [0, 0.1) is 5.92 Å². The van der Waals surface area contributed by atoms with Gasteiger partial charge in [0.05, 0.1) is 5.69 Å². The van der Waals surface area contributed by atoms with Crippen LogP contribution in [-0.2, 0) is 5.41 Å². The van der Waals surface area contributed by atoms with Crippen molar-refractivity contribution in [2.24, 2.45) is 5.92 Å². The van der Waals surface area contributed by atoms with E-state index in [2.05, 4.69) is 37.8 Å². The molecular formula is C11H18BrN3OS. The molecule has 17 heavy (non-hydrogen) atoms. The fourth-order valence-corrected chi connectivity index (χ4v) is 2.25. The predicted molar refractivity (Wildman–Crippen MR) is 73.9 cm³/mol. The van der Waals surface area contributed by atoms with Crippen LogP contribution in [0.25, 0.3) is 0 Å². The van der Waals surface area contributed by atoms with Gasteiger partial charge in [-0.2, -0.15) is 0 Å². The normalized spacial score (nSPS) is 13.5. The average molecular weight is 320 g/mol. The molecule has 1 aromatic heterocycles. The first kappa shape index (κ1) is 14.6. The molecule has 1 amide bonds. The number of halogens is 1.